The lowest BCUT2D eigenvalue weighted by Gasteiger charge is -2.11. The van der Waals surface area contributed by atoms with Gasteiger partial charge < -0.3 is 10.1 Å². The highest BCUT2D eigenvalue weighted by Gasteiger charge is 2.22. The highest BCUT2D eigenvalue weighted by Crippen LogP contribution is 2.16. The zero-order chi connectivity index (χ0) is 16.3. The van der Waals surface area contributed by atoms with Gasteiger partial charge in [0.15, 0.2) is 5.03 Å². The molecule has 23 heavy (non-hydrogen) atoms. The molecule has 0 saturated carbocycles. The molecule has 0 bridgehead atoms. The van der Waals surface area contributed by atoms with E-state index in [1.165, 1.54) is 6.07 Å². The molecule has 1 aromatic carbocycles. The molecule has 1 fully saturated rings. The molecular weight excluding hydrogens is 316 g/mol. The van der Waals surface area contributed by atoms with Gasteiger partial charge in [-0.05, 0) is 31.0 Å². The number of benzene rings is 1. The van der Waals surface area contributed by atoms with Gasteiger partial charge in [0, 0.05) is 18.5 Å². The number of para-hydroxylation sites is 1. The predicted molar refractivity (Wildman–Crippen MR) is 85.8 cm³/mol. The predicted octanol–water partition coefficient (Wildman–Crippen LogP) is 1.30. The highest BCUT2D eigenvalue weighted by molar-refractivity contribution is 7.92. The summed E-state index contributed by atoms with van der Waals surface area (Å²) in [6, 6.07) is 10.4. The number of hydrogen-bond donors (Lipinski definition) is 1. The molecule has 6 nitrogen and oxygen atoms in total. The Labute approximate surface area is 134 Å². The van der Waals surface area contributed by atoms with E-state index in [1.807, 2.05) is 12.1 Å². The van der Waals surface area contributed by atoms with Gasteiger partial charge in [-0.25, -0.2) is 13.4 Å². The fourth-order valence-electron chi connectivity index (χ4n) is 2.55. The summed E-state index contributed by atoms with van der Waals surface area (Å²) in [5.41, 5.74) is 0.591. The normalized spacial score (nSPS) is 18.2. The largest absolute Gasteiger partial charge is 0.376 e. The Kier molecular flexibility index (Phi) is 4.58. The molecule has 2 heterocycles. The van der Waals surface area contributed by atoms with Gasteiger partial charge in [-0.1, -0.05) is 18.2 Å². The number of carbonyl (C=O) groups excluding carboxylic acids is 1. The first-order valence-corrected chi connectivity index (χ1v) is 9.17. The smallest absolute Gasteiger partial charge is 0.235 e. The van der Waals surface area contributed by atoms with E-state index in [2.05, 4.69) is 10.3 Å². The summed E-state index contributed by atoms with van der Waals surface area (Å²) < 4.78 is 30.0. The Morgan fingerprint density at radius 2 is 2.09 bits per heavy atom. The van der Waals surface area contributed by atoms with Gasteiger partial charge in [0.25, 0.3) is 0 Å². The minimum atomic E-state index is -3.76. The van der Waals surface area contributed by atoms with Gasteiger partial charge >= 0.3 is 0 Å². The molecule has 0 spiro atoms. The Bertz CT molecular complexity index is 814. The average Bonchev–Trinajstić information content (AvgIpc) is 3.05. The third-order valence-electron chi connectivity index (χ3n) is 3.76. The van der Waals surface area contributed by atoms with Crippen molar-refractivity contribution in [3.63, 3.8) is 0 Å². The molecule has 1 aliphatic heterocycles. The fourth-order valence-corrected chi connectivity index (χ4v) is 3.66. The Hall–Kier alpha value is -1.99. The number of hydrogen-bond acceptors (Lipinski definition) is 5. The van der Waals surface area contributed by atoms with E-state index in [-0.39, 0.29) is 11.1 Å². The molecule has 122 valence electrons. The Balaban J connectivity index is 1.68. The van der Waals surface area contributed by atoms with Gasteiger partial charge in [-0.3, -0.25) is 4.79 Å². The third-order valence-corrected chi connectivity index (χ3v) is 5.27. The third kappa shape index (κ3) is 3.86. The minimum Gasteiger partial charge on any atom is -0.376 e. The molecule has 0 aliphatic carbocycles. The number of carbonyl (C=O) groups is 1. The summed E-state index contributed by atoms with van der Waals surface area (Å²) in [7, 11) is -3.76. The monoisotopic (exact) mass is 334 g/mol. The van der Waals surface area contributed by atoms with Crippen molar-refractivity contribution in [2.24, 2.45) is 0 Å². The molecule has 7 heteroatoms. The maximum absolute atomic E-state index is 12.3. The van der Waals surface area contributed by atoms with Crippen molar-refractivity contribution in [2.45, 2.75) is 24.0 Å². The van der Waals surface area contributed by atoms with Gasteiger partial charge in [0.05, 0.1) is 11.6 Å². The van der Waals surface area contributed by atoms with Crippen LogP contribution in [0.1, 0.15) is 12.8 Å². The van der Waals surface area contributed by atoms with E-state index < -0.39 is 21.5 Å². The number of rotatable bonds is 5. The lowest BCUT2D eigenvalue weighted by molar-refractivity contribution is -0.119. The fraction of sp³-hybridized carbons (Fsp3) is 0.375. The second kappa shape index (κ2) is 6.64. The van der Waals surface area contributed by atoms with Crippen LogP contribution in [0.25, 0.3) is 10.9 Å². The second-order valence-corrected chi connectivity index (χ2v) is 7.48. The van der Waals surface area contributed by atoms with Crippen molar-refractivity contribution < 1.29 is 17.9 Å². The van der Waals surface area contributed by atoms with E-state index in [0.29, 0.717) is 18.7 Å². The maximum atomic E-state index is 12.3. The van der Waals surface area contributed by atoms with Crippen LogP contribution in [-0.4, -0.2) is 44.3 Å². The number of nitrogens with zero attached hydrogens (tertiary/aromatic N) is 1. The van der Waals surface area contributed by atoms with E-state index in [1.54, 1.807) is 18.2 Å². The molecule has 3 rings (SSSR count). The molecule has 1 amide bonds. The molecule has 1 aliphatic rings. The number of amides is 1. The zero-order valence-corrected chi connectivity index (χ0v) is 13.4. The maximum Gasteiger partial charge on any atom is 0.235 e. The van der Waals surface area contributed by atoms with Crippen LogP contribution in [0.5, 0.6) is 0 Å². The van der Waals surface area contributed by atoms with Crippen LogP contribution in [-0.2, 0) is 19.4 Å². The summed E-state index contributed by atoms with van der Waals surface area (Å²) in [4.78, 5) is 16.0. The van der Waals surface area contributed by atoms with Crippen LogP contribution in [0, 0.1) is 0 Å². The number of sulfone groups is 1. The van der Waals surface area contributed by atoms with Crippen molar-refractivity contribution in [3.8, 4) is 0 Å². The first kappa shape index (κ1) is 15.9. The minimum absolute atomic E-state index is 0.0135. The summed E-state index contributed by atoms with van der Waals surface area (Å²) in [5, 5.41) is 3.39. The summed E-state index contributed by atoms with van der Waals surface area (Å²) in [6.45, 7) is 1.04. The number of nitrogens with one attached hydrogen (secondary N) is 1. The van der Waals surface area contributed by atoms with Crippen molar-refractivity contribution >= 4 is 26.6 Å². The average molecular weight is 334 g/mol. The van der Waals surface area contributed by atoms with Crippen LogP contribution in [0.4, 0.5) is 0 Å². The van der Waals surface area contributed by atoms with Gasteiger partial charge in [-0.2, -0.15) is 0 Å². The number of pyridine rings is 1. The number of ether oxygens (including phenoxy) is 1. The van der Waals surface area contributed by atoms with Gasteiger partial charge in [0.2, 0.25) is 15.7 Å². The highest BCUT2D eigenvalue weighted by atomic mass is 32.2. The molecule has 1 atom stereocenters. The van der Waals surface area contributed by atoms with Crippen molar-refractivity contribution in [1.29, 1.82) is 0 Å². The van der Waals surface area contributed by atoms with E-state index in [9.17, 15) is 13.2 Å². The quantitative estimate of drug-likeness (QED) is 0.891. The van der Waals surface area contributed by atoms with Crippen LogP contribution < -0.4 is 5.32 Å². The molecule has 0 radical (unpaired) electrons. The van der Waals surface area contributed by atoms with Crippen molar-refractivity contribution in [3.05, 3.63) is 36.4 Å². The molecule has 1 aromatic heterocycles. The van der Waals surface area contributed by atoms with E-state index in [0.717, 1.165) is 18.2 Å². The van der Waals surface area contributed by atoms with E-state index in [4.69, 9.17) is 4.74 Å². The van der Waals surface area contributed by atoms with Gasteiger partial charge in [0.1, 0.15) is 5.75 Å². The van der Waals surface area contributed by atoms with Crippen molar-refractivity contribution in [1.82, 2.24) is 10.3 Å². The van der Waals surface area contributed by atoms with E-state index >= 15 is 0 Å². The summed E-state index contributed by atoms with van der Waals surface area (Å²) >= 11 is 0. The standard InChI is InChI=1S/C16H18N2O4S/c19-15(17-10-13-5-3-9-22-13)11-23(20,21)16-8-7-12-4-1-2-6-14(12)18-16/h1-2,4,6-8,13H,3,5,9-11H2,(H,17,19). The topological polar surface area (TPSA) is 85.4 Å². The van der Waals surface area contributed by atoms with Crippen LogP contribution in [0.15, 0.2) is 41.4 Å². The lowest BCUT2D eigenvalue weighted by Crippen LogP contribution is -2.35. The van der Waals surface area contributed by atoms with Crippen molar-refractivity contribution in [2.75, 3.05) is 18.9 Å². The van der Waals surface area contributed by atoms with Crippen LogP contribution >= 0.6 is 0 Å². The Morgan fingerprint density at radius 1 is 1.26 bits per heavy atom. The molecule has 1 unspecified atom stereocenters. The van der Waals surface area contributed by atoms with Crippen LogP contribution in [0.2, 0.25) is 0 Å². The molecule has 2 aromatic rings. The summed E-state index contributed by atoms with van der Waals surface area (Å²) in [6.07, 6.45) is 1.85. The van der Waals surface area contributed by atoms with Gasteiger partial charge in [-0.15, -0.1) is 0 Å². The first-order chi connectivity index (χ1) is 11.0. The molecule has 1 saturated heterocycles. The second-order valence-electron chi connectivity index (χ2n) is 5.54. The molecular formula is C16H18N2O4S. The zero-order valence-electron chi connectivity index (χ0n) is 12.6. The van der Waals surface area contributed by atoms with Crippen LogP contribution in [0.3, 0.4) is 0 Å². The Morgan fingerprint density at radius 3 is 2.87 bits per heavy atom. The number of aromatic nitrogens is 1. The SMILES string of the molecule is O=C(CS(=O)(=O)c1ccc2ccccc2n1)NCC1CCCO1. The summed E-state index contributed by atoms with van der Waals surface area (Å²) in [5.74, 6) is -1.14. The lowest BCUT2D eigenvalue weighted by atomic mass is 10.2. The number of fused-ring (bicyclic) bond motifs is 1. The molecule has 1 N–H and O–H groups in total. The first-order valence-electron chi connectivity index (χ1n) is 7.51.